The molecule has 0 radical (unpaired) electrons. The Morgan fingerprint density at radius 3 is 1.54 bits per heavy atom. The average Bonchev–Trinajstić information content (AvgIpc) is 3.06. The first-order chi connectivity index (χ1) is 11.3. The number of alkyl halides is 3. The van der Waals surface area contributed by atoms with Crippen LogP contribution in [0.4, 0.5) is 13.2 Å². The number of allylic oxidation sites excluding steroid dienone is 1. The predicted molar refractivity (Wildman–Crippen MR) is 101 cm³/mol. The second-order valence-electron chi connectivity index (χ2n) is 8.39. The van der Waals surface area contributed by atoms with Gasteiger partial charge in [0.1, 0.15) is 10.6 Å². The highest BCUT2D eigenvalue weighted by Crippen LogP contribution is 2.96. The minimum Gasteiger partial charge on any atom is -0.741 e. The quantitative estimate of drug-likeness (QED) is 0.328. The van der Waals surface area contributed by atoms with Crippen molar-refractivity contribution in [3.05, 3.63) is 41.2 Å². The van der Waals surface area contributed by atoms with Gasteiger partial charge in [-0.25, -0.2) is 8.42 Å². The van der Waals surface area contributed by atoms with Crippen LogP contribution in [0.2, 0.25) is 0 Å². The van der Waals surface area contributed by atoms with Crippen molar-refractivity contribution in [1.29, 1.82) is 0 Å². The maximum absolute atomic E-state index is 10.7. The Morgan fingerprint density at radius 2 is 1.31 bits per heavy atom. The molecular formula is C18H26F3O3PS. The van der Waals surface area contributed by atoms with Crippen LogP contribution in [0.25, 0.3) is 5.31 Å². The Labute approximate surface area is 154 Å². The summed E-state index contributed by atoms with van der Waals surface area (Å²) in [5, 5.41) is 3.82. The smallest absolute Gasteiger partial charge is 0.485 e. The Bertz CT molecular complexity index is 786. The molecule has 148 valence electrons. The Kier molecular flexibility index (Phi) is 6.15. The van der Waals surface area contributed by atoms with E-state index in [1.54, 1.807) is 10.6 Å². The predicted octanol–water partition coefficient (Wildman–Crippen LogP) is 5.91. The van der Waals surface area contributed by atoms with E-state index in [1.165, 1.54) is 5.56 Å². The lowest BCUT2D eigenvalue weighted by atomic mass is 9.95. The van der Waals surface area contributed by atoms with Gasteiger partial charge in [-0.1, -0.05) is 51.1 Å². The number of rotatable bonds is 1. The fraction of sp³-hybridized carbons (Fsp3) is 0.556. The molecule has 1 aliphatic rings. The van der Waals surface area contributed by atoms with E-state index in [4.69, 9.17) is 13.0 Å². The summed E-state index contributed by atoms with van der Waals surface area (Å²) in [5.74, 6) is 0. The van der Waals surface area contributed by atoms with E-state index in [0.717, 1.165) is 0 Å². The van der Waals surface area contributed by atoms with Gasteiger partial charge in [0.2, 0.25) is 0 Å². The van der Waals surface area contributed by atoms with E-state index < -0.39 is 22.9 Å². The van der Waals surface area contributed by atoms with Gasteiger partial charge in [-0.05, 0) is 20.8 Å². The highest BCUT2D eigenvalue weighted by atomic mass is 32.2. The molecule has 26 heavy (non-hydrogen) atoms. The minimum absolute atomic E-state index is 0.307. The standard InChI is InChI=1S/C17H26P.CHF3O3S/c1-16(2,3)15-14(13-11-9-8-10-12-13)18(15,7)17(4,5)6;2-1(3,4)8(5,6)7/h8-12H,1-7H3;(H,5,6,7)/q+1;/p-1. The molecular weight excluding hydrogens is 384 g/mol. The summed E-state index contributed by atoms with van der Waals surface area (Å²) >= 11 is 0. The zero-order valence-corrected chi connectivity index (χ0v) is 17.8. The maximum Gasteiger partial charge on any atom is 0.485 e. The molecule has 0 amide bonds. The van der Waals surface area contributed by atoms with Gasteiger partial charge in [0.15, 0.2) is 10.1 Å². The molecule has 1 unspecified atom stereocenters. The molecule has 1 aromatic carbocycles. The van der Waals surface area contributed by atoms with E-state index in [9.17, 15) is 13.2 Å². The van der Waals surface area contributed by atoms with E-state index in [1.807, 2.05) is 0 Å². The Morgan fingerprint density at radius 1 is 0.923 bits per heavy atom. The highest BCUT2D eigenvalue weighted by molar-refractivity contribution is 7.97. The van der Waals surface area contributed by atoms with Crippen LogP contribution in [0.1, 0.15) is 47.1 Å². The van der Waals surface area contributed by atoms with Crippen molar-refractivity contribution in [2.75, 3.05) is 6.66 Å². The molecule has 0 saturated heterocycles. The summed E-state index contributed by atoms with van der Waals surface area (Å²) in [6.45, 7) is 16.8. The summed E-state index contributed by atoms with van der Waals surface area (Å²) in [5.41, 5.74) is -3.89. The van der Waals surface area contributed by atoms with Gasteiger partial charge in [0, 0.05) is 11.0 Å². The zero-order chi connectivity index (χ0) is 20.8. The van der Waals surface area contributed by atoms with Gasteiger partial charge in [0.25, 0.3) is 0 Å². The second-order valence-corrected chi connectivity index (χ2v) is 14.0. The van der Waals surface area contributed by atoms with Gasteiger partial charge in [-0.2, -0.15) is 13.2 Å². The topological polar surface area (TPSA) is 57.2 Å². The molecule has 1 aromatic rings. The van der Waals surface area contributed by atoms with Crippen LogP contribution >= 0.6 is 7.26 Å². The van der Waals surface area contributed by atoms with Gasteiger partial charge in [-0.3, -0.25) is 0 Å². The molecule has 2 rings (SSSR count). The van der Waals surface area contributed by atoms with E-state index in [0.29, 0.717) is 10.6 Å². The Hall–Kier alpha value is -0.910. The molecule has 0 aliphatic carbocycles. The maximum atomic E-state index is 10.7. The summed E-state index contributed by atoms with van der Waals surface area (Å²) in [6.07, 6.45) is 0. The van der Waals surface area contributed by atoms with Crippen LogP contribution in [0.3, 0.4) is 0 Å². The highest BCUT2D eigenvalue weighted by Gasteiger charge is 2.69. The third-order valence-corrected chi connectivity index (χ3v) is 10.6. The van der Waals surface area contributed by atoms with Crippen LogP contribution in [0, 0.1) is 5.41 Å². The van der Waals surface area contributed by atoms with Crippen LogP contribution in [-0.4, -0.2) is 30.3 Å². The molecule has 1 atom stereocenters. The summed E-state index contributed by atoms with van der Waals surface area (Å²) in [7, 11) is -7.17. The molecule has 1 aliphatic heterocycles. The number of halogens is 3. The molecule has 0 bridgehead atoms. The first-order valence-corrected chi connectivity index (χ1v) is 11.7. The SMILES string of the molecule is CC(C)(C)C1=C(c2ccccc2)[P+]1(C)C(C)(C)C.O=S(=O)([O-])C(F)(F)F. The largest absolute Gasteiger partial charge is 0.741 e. The fourth-order valence-corrected chi connectivity index (χ4v) is 7.93. The zero-order valence-electron chi connectivity index (χ0n) is 16.1. The van der Waals surface area contributed by atoms with Crippen LogP contribution < -0.4 is 0 Å². The van der Waals surface area contributed by atoms with Crippen molar-refractivity contribution in [2.45, 2.75) is 52.2 Å². The molecule has 8 heteroatoms. The summed E-state index contributed by atoms with van der Waals surface area (Å²) in [4.78, 5) is 0. The fourth-order valence-electron chi connectivity index (χ4n) is 3.01. The van der Waals surface area contributed by atoms with E-state index in [2.05, 4.69) is 78.5 Å². The van der Waals surface area contributed by atoms with Gasteiger partial charge >= 0.3 is 5.51 Å². The van der Waals surface area contributed by atoms with Gasteiger partial charge in [-0.15, -0.1) is 0 Å². The lowest BCUT2D eigenvalue weighted by Gasteiger charge is -2.26. The molecule has 0 spiro atoms. The van der Waals surface area contributed by atoms with Gasteiger partial charge < -0.3 is 4.55 Å². The molecule has 3 nitrogen and oxygen atoms in total. The normalized spacial score (nSPS) is 21.2. The van der Waals surface area contributed by atoms with Crippen molar-refractivity contribution in [3.63, 3.8) is 0 Å². The average molecular weight is 410 g/mol. The minimum atomic E-state index is -6.09. The van der Waals surface area contributed by atoms with Crippen LogP contribution in [-0.2, 0) is 10.1 Å². The molecule has 0 N–H and O–H groups in total. The molecule has 0 fully saturated rings. The van der Waals surface area contributed by atoms with Crippen molar-refractivity contribution < 1.29 is 26.1 Å². The number of hydrogen-bond donors (Lipinski definition) is 0. The van der Waals surface area contributed by atoms with Crippen molar-refractivity contribution in [2.24, 2.45) is 5.41 Å². The third-order valence-electron chi connectivity index (χ3n) is 4.45. The third kappa shape index (κ3) is 4.68. The second kappa shape index (κ2) is 6.92. The monoisotopic (exact) mass is 410 g/mol. The molecule has 0 saturated carbocycles. The first-order valence-electron chi connectivity index (χ1n) is 8.05. The van der Waals surface area contributed by atoms with Crippen molar-refractivity contribution in [1.82, 2.24) is 0 Å². The van der Waals surface area contributed by atoms with Crippen LogP contribution in [0.15, 0.2) is 35.6 Å². The van der Waals surface area contributed by atoms with Gasteiger partial charge in [0.05, 0.1) is 19.1 Å². The number of hydrogen-bond acceptors (Lipinski definition) is 3. The van der Waals surface area contributed by atoms with Crippen molar-refractivity contribution >= 4 is 22.7 Å². The van der Waals surface area contributed by atoms with E-state index in [-0.39, 0.29) is 0 Å². The number of benzene rings is 1. The summed E-state index contributed by atoms with van der Waals surface area (Å²) in [6, 6.07) is 11.0. The lowest BCUT2D eigenvalue weighted by Crippen LogP contribution is -2.21. The first kappa shape index (κ1) is 23.1. The van der Waals surface area contributed by atoms with E-state index >= 15 is 0 Å². The van der Waals surface area contributed by atoms with Crippen molar-refractivity contribution in [3.8, 4) is 0 Å². The molecule has 1 heterocycles. The Balaban J connectivity index is 0.000000359. The summed E-state index contributed by atoms with van der Waals surface area (Å²) < 4.78 is 58.9. The molecule has 0 aromatic heterocycles. The lowest BCUT2D eigenvalue weighted by molar-refractivity contribution is -0.0517. The van der Waals surface area contributed by atoms with Crippen LogP contribution in [0.5, 0.6) is 0 Å².